The SMILES string of the molecule is COCOc1ccccc1C(=O)O. The van der Waals surface area contributed by atoms with Gasteiger partial charge in [0.15, 0.2) is 6.79 Å². The molecule has 70 valence electrons. The lowest BCUT2D eigenvalue weighted by Gasteiger charge is -2.06. The van der Waals surface area contributed by atoms with Crippen LogP contribution in [0.5, 0.6) is 5.75 Å². The molecule has 0 spiro atoms. The van der Waals surface area contributed by atoms with E-state index in [0.29, 0.717) is 5.75 Å². The largest absolute Gasteiger partial charge is 0.478 e. The average molecular weight is 182 g/mol. The molecule has 0 aliphatic carbocycles. The van der Waals surface area contributed by atoms with Crippen LogP contribution < -0.4 is 4.74 Å². The average Bonchev–Trinajstić information content (AvgIpc) is 2.15. The fraction of sp³-hybridized carbons (Fsp3) is 0.222. The summed E-state index contributed by atoms with van der Waals surface area (Å²) in [5, 5.41) is 8.74. The molecule has 0 saturated heterocycles. The van der Waals surface area contributed by atoms with Crippen molar-refractivity contribution in [3.8, 4) is 5.75 Å². The van der Waals surface area contributed by atoms with Crippen LogP contribution in [0.3, 0.4) is 0 Å². The summed E-state index contributed by atoms with van der Waals surface area (Å²) in [6.07, 6.45) is 0. The fourth-order valence-electron chi connectivity index (χ4n) is 0.892. The maximum absolute atomic E-state index is 10.7. The van der Waals surface area contributed by atoms with E-state index in [0.717, 1.165) is 0 Å². The van der Waals surface area contributed by atoms with Crippen LogP contribution in [-0.4, -0.2) is 25.0 Å². The predicted octanol–water partition coefficient (Wildman–Crippen LogP) is 1.37. The van der Waals surface area contributed by atoms with E-state index in [1.165, 1.54) is 13.2 Å². The third-order valence-electron chi connectivity index (χ3n) is 1.45. The Labute approximate surface area is 75.7 Å². The van der Waals surface area contributed by atoms with Crippen LogP contribution in [0.4, 0.5) is 0 Å². The molecule has 1 N–H and O–H groups in total. The zero-order valence-electron chi connectivity index (χ0n) is 7.19. The number of hydrogen-bond acceptors (Lipinski definition) is 3. The van der Waals surface area contributed by atoms with Gasteiger partial charge in [-0.2, -0.15) is 0 Å². The van der Waals surface area contributed by atoms with Gasteiger partial charge in [-0.05, 0) is 12.1 Å². The van der Waals surface area contributed by atoms with Gasteiger partial charge >= 0.3 is 5.97 Å². The highest BCUT2D eigenvalue weighted by molar-refractivity contribution is 5.90. The van der Waals surface area contributed by atoms with Gasteiger partial charge in [-0.25, -0.2) is 4.79 Å². The molecule has 1 aromatic carbocycles. The highest BCUT2D eigenvalue weighted by Gasteiger charge is 2.09. The van der Waals surface area contributed by atoms with Crippen molar-refractivity contribution in [1.29, 1.82) is 0 Å². The second kappa shape index (κ2) is 4.47. The molecule has 1 aromatic rings. The maximum Gasteiger partial charge on any atom is 0.339 e. The Balaban J connectivity index is 2.84. The molecule has 1 rings (SSSR count). The van der Waals surface area contributed by atoms with Crippen molar-refractivity contribution in [1.82, 2.24) is 0 Å². The molecule has 4 nitrogen and oxygen atoms in total. The van der Waals surface area contributed by atoms with E-state index in [9.17, 15) is 4.79 Å². The summed E-state index contributed by atoms with van der Waals surface area (Å²) in [7, 11) is 1.48. The molecular weight excluding hydrogens is 172 g/mol. The fourth-order valence-corrected chi connectivity index (χ4v) is 0.892. The Kier molecular flexibility index (Phi) is 3.28. The van der Waals surface area contributed by atoms with Crippen molar-refractivity contribution < 1.29 is 19.4 Å². The number of rotatable bonds is 4. The second-order valence-corrected chi connectivity index (χ2v) is 2.35. The molecule has 0 saturated carbocycles. The summed E-state index contributed by atoms with van der Waals surface area (Å²) in [6, 6.07) is 6.41. The number of aromatic carboxylic acids is 1. The van der Waals surface area contributed by atoms with Crippen LogP contribution in [0.1, 0.15) is 10.4 Å². The number of carboxylic acids is 1. The summed E-state index contributed by atoms with van der Waals surface area (Å²) in [4.78, 5) is 10.7. The van der Waals surface area contributed by atoms with Gasteiger partial charge in [0.05, 0.1) is 0 Å². The van der Waals surface area contributed by atoms with Crippen LogP contribution in [0.15, 0.2) is 24.3 Å². The van der Waals surface area contributed by atoms with Crippen molar-refractivity contribution >= 4 is 5.97 Å². The van der Waals surface area contributed by atoms with E-state index in [2.05, 4.69) is 4.74 Å². The van der Waals surface area contributed by atoms with Gasteiger partial charge in [0.2, 0.25) is 0 Å². The van der Waals surface area contributed by atoms with Gasteiger partial charge in [-0.15, -0.1) is 0 Å². The highest BCUT2D eigenvalue weighted by Crippen LogP contribution is 2.17. The van der Waals surface area contributed by atoms with Gasteiger partial charge in [0.25, 0.3) is 0 Å². The highest BCUT2D eigenvalue weighted by atomic mass is 16.7. The van der Waals surface area contributed by atoms with E-state index in [1.54, 1.807) is 18.2 Å². The van der Waals surface area contributed by atoms with Crippen LogP contribution in [0.2, 0.25) is 0 Å². The zero-order valence-corrected chi connectivity index (χ0v) is 7.19. The monoisotopic (exact) mass is 182 g/mol. The summed E-state index contributed by atoms with van der Waals surface area (Å²) in [6.45, 7) is 0.0459. The minimum Gasteiger partial charge on any atom is -0.478 e. The van der Waals surface area contributed by atoms with E-state index < -0.39 is 5.97 Å². The molecule has 0 heterocycles. The zero-order chi connectivity index (χ0) is 9.68. The van der Waals surface area contributed by atoms with Crippen molar-refractivity contribution in [2.24, 2.45) is 0 Å². The summed E-state index contributed by atoms with van der Waals surface area (Å²) in [5.41, 5.74) is 0.138. The van der Waals surface area contributed by atoms with Gasteiger partial charge in [0.1, 0.15) is 11.3 Å². The van der Waals surface area contributed by atoms with Gasteiger partial charge in [0, 0.05) is 7.11 Å². The van der Waals surface area contributed by atoms with E-state index in [1.807, 2.05) is 0 Å². The minimum absolute atomic E-state index is 0.0459. The Morgan fingerprint density at radius 3 is 2.77 bits per heavy atom. The first kappa shape index (κ1) is 9.54. The molecule has 13 heavy (non-hydrogen) atoms. The molecule has 0 atom stereocenters. The van der Waals surface area contributed by atoms with Gasteiger partial charge in [-0.1, -0.05) is 12.1 Å². The van der Waals surface area contributed by atoms with E-state index in [-0.39, 0.29) is 12.4 Å². The number of para-hydroxylation sites is 1. The quantitative estimate of drug-likeness (QED) is 0.714. The van der Waals surface area contributed by atoms with Crippen LogP contribution in [-0.2, 0) is 4.74 Å². The molecule has 4 heteroatoms. The molecule has 0 radical (unpaired) electrons. The number of ether oxygens (including phenoxy) is 2. The number of carboxylic acid groups (broad SMARTS) is 1. The van der Waals surface area contributed by atoms with Crippen molar-refractivity contribution in [2.45, 2.75) is 0 Å². The Morgan fingerprint density at radius 2 is 2.15 bits per heavy atom. The van der Waals surface area contributed by atoms with E-state index in [4.69, 9.17) is 9.84 Å². The number of methoxy groups -OCH3 is 1. The van der Waals surface area contributed by atoms with Crippen LogP contribution >= 0.6 is 0 Å². The first-order chi connectivity index (χ1) is 6.25. The first-order valence-corrected chi connectivity index (χ1v) is 3.69. The molecule has 0 unspecified atom stereocenters. The van der Waals surface area contributed by atoms with Crippen LogP contribution in [0.25, 0.3) is 0 Å². The van der Waals surface area contributed by atoms with Gasteiger partial charge < -0.3 is 14.6 Å². The molecule has 0 aliphatic heterocycles. The summed E-state index contributed by atoms with van der Waals surface area (Å²) < 4.78 is 9.71. The number of hydrogen-bond donors (Lipinski definition) is 1. The Hall–Kier alpha value is -1.55. The molecular formula is C9H10O4. The number of benzene rings is 1. The first-order valence-electron chi connectivity index (χ1n) is 3.69. The number of carbonyl (C=O) groups is 1. The maximum atomic E-state index is 10.7. The molecule has 0 aliphatic rings. The summed E-state index contributed by atoms with van der Waals surface area (Å²) >= 11 is 0. The molecule has 0 aromatic heterocycles. The normalized spacial score (nSPS) is 9.62. The smallest absolute Gasteiger partial charge is 0.339 e. The standard InChI is InChI=1S/C9H10O4/c1-12-6-13-8-5-3-2-4-7(8)9(10)11/h2-5H,6H2,1H3,(H,10,11). The molecule has 0 fully saturated rings. The van der Waals surface area contributed by atoms with Crippen molar-refractivity contribution in [2.75, 3.05) is 13.9 Å². The molecule has 0 bridgehead atoms. The second-order valence-electron chi connectivity index (χ2n) is 2.35. The van der Waals surface area contributed by atoms with E-state index >= 15 is 0 Å². The van der Waals surface area contributed by atoms with Crippen LogP contribution in [0, 0.1) is 0 Å². The Bertz CT molecular complexity index is 295. The van der Waals surface area contributed by atoms with Crippen molar-refractivity contribution in [3.05, 3.63) is 29.8 Å². The topological polar surface area (TPSA) is 55.8 Å². The lowest BCUT2D eigenvalue weighted by atomic mass is 10.2. The third-order valence-corrected chi connectivity index (χ3v) is 1.45. The third kappa shape index (κ3) is 2.45. The predicted molar refractivity (Wildman–Crippen MR) is 45.9 cm³/mol. The van der Waals surface area contributed by atoms with Gasteiger partial charge in [-0.3, -0.25) is 0 Å². The minimum atomic E-state index is -1.01. The lowest BCUT2D eigenvalue weighted by Crippen LogP contribution is -2.04. The Morgan fingerprint density at radius 1 is 1.46 bits per heavy atom. The lowest BCUT2D eigenvalue weighted by molar-refractivity contribution is 0.0483. The summed E-state index contributed by atoms with van der Waals surface area (Å²) in [5.74, 6) is -0.691. The molecule has 0 amide bonds. The van der Waals surface area contributed by atoms with Crippen molar-refractivity contribution in [3.63, 3.8) is 0 Å².